The van der Waals surface area contributed by atoms with Gasteiger partial charge in [-0.1, -0.05) is 19.1 Å². The molecular formula is C19H27N3O3S. The van der Waals surface area contributed by atoms with Gasteiger partial charge in [0, 0.05) is 25.3 Å². The van der Waals surface area contributed by atoms with Crippen LogP contribution < -0.4 is 9.62 Å². The van der Waals surface area contributed by atoms with E-state index in [1.807, 2.05) is 24.3 Å². The van der Waals surface area contributed by atoms with Crippen molar-refractivity contribution in [3.05, 3.63) is 34.7 Å². The first-order valence-corrected chi connectivity index (χ1v) is 10.5. The van der Waals surface area contributed by atoms with Crippen molar-refractivity contribution < 1.29 is 13.5 Å². The zero-order valence-electron chi connectivity index (χ0n) is 15.4. The lowest BCUT2D eigenvalue weighted by Crippen LogP contribution is -2.32. The van der Waals surface area contributed by atoms with Crippen molar-refractivity contribution in [1.82, 2.24) is 4.72 Å². The fraction of sp³-hybridized carbons (Fsp3) is 0.526. The lowest BCUT2D eigenvalue weighted by atomic mass is 10.1. The van der Waals surface area contributed by atoms with E-state index in [0.29, 0.717) is 17.6 Å². The molecule has 1 atom stereocenters. The number of aliphatic hydroxyl groups excluding tert-OH is 1. The molecular weight excluding hydrogens is 350 g/mol. The van der Waals surface area contributed by atoms with Crippen molar-refractivity contribution in [2.45, 2.75) is 45.6 Å². The second-order valence-electron chi connectivity index (χ2n) is 6.57. The first kappa shape index (κ1) is 20.4. The first-order chi connectivity index (χ1) is 12.4. The molecule has 1 fully saturated rings. The molecule has 1 unspecified atom stereocenters. The van der Waals surface area contributed by atoms with E-state index in [-0.39, 0.29) is 11.4 Å². The number of benzene rings is 1. The number of piperidine rings is 1. The van der Waals surface area contributed by atoms with Gasteiger partial charge in [0.15, 0.2) is 4.91 Å². The number of aliphatic hydroxyl groups is 1. The fourth-order valence-electron chi connectivity index (χ4n) is 2.97. The maximum absolute atomic E-state index is 12.4. The average Bonchev–Trinajstić information content (AvgIpc) is 2.67. The molecule has 0 aliphatic carbocycles. The largest absolute Gasteiger partial charge is 0.392 e. The molecule has 0 bridgehead atoms. The number of hydrogen-bond donors (Lipinski definition) is 2. The predicted octanol–water partition coefficient (Wildman–Crippen LogP) is 2.62. The molecule has 0 spiro atoms. The highest BCUT2D eigenvalue weighted by Gasteiger charge is 2.22. The highest BCUT2D eigenvalue weighted by Crippen LogP contribution is 2.25. The molecule has 1 aliphatic heterocycles. The van der Waals surface area contributed by atoms with Crippen LogP contribution in [0.15, 0.2) is 29.2 Å². The van der Waals surface area contributed by atoms with Crippen LogP contribution in [0.2, 0.25) is 0 Å². The molecule has 1 saturated heterocycles. The number of hydrogen-bond acceptors (Lipinski definition) is 5. The molecule has 0 amide bonds. The predicted molar refractivity (Wildman–Crippen MR) is 104 cm³/mol. The summed E-state index contributed by atoms with van der Waals surface area (Å²) >= 11 is 0. The number of sulfonamides is 1. The Morgan fingerprint density at radius 3 is 2.42 bits per heavy atom. The summed E-state index contributed by atoms with van der Waals surface area (Å²) in [6.45, 7) is 5.36. The third-order valence-electron chi connectivity index (χ3n) is 4.71. The minimum Gasteiger partial charge on any atom is -0.392 e. The molecule has 0 saturated carbocycles. The quantitative estimate of drug-likeness (QED) is 0.713. The lowest BCUT2D eigenvalue weighted by Gasteiger charge is -2.28. The van der Waals surface area contributed by atoms with E-state index in [0.717, 1.165) is 18.8 Å². The summed E-state index contributed by atoms with van der Waals surface area (Å²) < 4.78 is 27.1. The van der Waals surface area contributed by atoms with Gasteiger partial charge < -0.3 is 10.0 Å². The summed E-state index contributed by atoms with van der Waals surface area (Å²) in [5.41, 5.74) is 2.21. The standard InChI is InChI=1S/C19H27N3O3S/c1-3-18(23)14-21-26(24,25)19(13-20)15(2)16-7-9-17(10-8-16)22-11-5-4-6-12-22/h7-10,18,21,23H,3-6,11-12,14H2,1-2H3/b19-15+. The maximum Gasteiger partial charge on any atom is 0.251 e. The van der Waals surface area contributed by atoms with Gasteiger partial charge in [0.1, 0.15) is 6.07 Å². The monoisotopic (exact) mass is 377 g/mol. The Morgan fingerprint density at radius 2 is 1.88 bits per heavy atom. The van der Waals surface area contributed by atoms with Crippen LogP contribution >= 0.6 is 0 Å². The van der Waals surface area contributed by atoms with Gasteiger partial charge >= 0.3 is 0 Å². The minimum atomic E-state index is -3.96. The first-order valence-electron chi connectivity index (χ1n) is 9.03. The van der Waals surface area contributed by atoms with E-state index in [2.05, 4.69) is 9.62 Å². The highest BCUT2D eigenvalue weighted by molar-refractivity contribution is 7.93. The van der Waals surface area contributed by atoms with Gasteiger partial charge in [-0.3, -0.25) is 0 Å². The van der Waals surface area contributed by atoms with E-state index in [4.69, 9.17) is 0 Å². The van der Waals surface area contributed by atoms with E-state index >= 15 is 0 Å². The number of nitrogens with one attached hydrogen (secondary N) is 1. The fourth-order valence-corrected chi connectivity index (χ4v) is 4.17. The Labute approximate surface area is 156 Å². The molecule has 2 rings (SSSR count). The molecule has 0 radical (unpaired) electrons. The van der Waals surface area contributed by atoms with Crippen molar-refractivity contribution in [3.8, 4) is 6.07 Å². The Balaban J connectivity index is 2.22. The third kappa shape index (κ3) is 5.07. The Bertz CT molecular complexity index is 773. The Kier molecular flexibility index (Phi) is 7.21. The molecule has 1 aromatic rings. The van der Waals surface area contributed by atoms with Crippen molar-refractivity contribution in [2.75, 3.05) is 24.5 Å². The molecule has 1 heterocycles. The molecule has 1 aromatic carbocycles. The summed E-state index contributed by atoms with van der Waals surface area (Å²) in [6, 6.07) is 9.45. The summed E-state index contributed by atoms with van der Waals surface area (Å²) in [5, 5.41) is 18.9. The maximum atomic E-state index is 12.4. The van der Waals surface area contributed by atoms with Gasteiger partial charge in [-0.2, -0.15) is 5.26 Å². The average molecular weight is 378 g/mol. The Hall–Kier alpha value is -1.88. The lowest BCUT2D eigenvalue weighted by molar-refractivity contribution is 0.174. The SMILES string of the molecule is CCC(O)CNS(=O)(=O)/C(C#N)=C(\C)c1ccc(N2CCCCC2)cc1. The third-order valence-corrected chi connectivity index (χ3v) is 6.19. The molecule has 142 valence electrons. The van der Waals surface area contributed by atoms with Gasteiger partial charge in [-0.15, -0.1) is 0 Å². The number of allylic oxidation sites excluding steroid dienone is 2. The van der Waals surface area contributed by atoms with Gasteiger partial charge in [0.2, 0.25) is 0 Å². The zero-order valence-corrected chi connectivity index (χ0v) is 16.2. The van der Waals surface area contributed by atoms with Crippen LogP contribution in [0.25, 0.3) is 5.57 Å². The molecule has 26 heavy (non-hydrogen) atoms. The minimum absolute atomic E-state index is 0.106. The van der Waals surface area contributed by atoms with Gasteiger partial charge in [0.05, 0.1) is 6.10 Å². The summed E-state index contributed by atoms with van der Waals surface area (Å²) in [6.07, 6.45) is 3.30. The van der Waals surface area contributed by atoms with Crippen LogP contribution in [0, 0.1) is 11.3 Å². The smallest absolute Gasteiger partial charge is 0.251 e. The van der Waals surface area contributed by atoms with Crippen LogP contribution in [0.4, 0.5) is 5.69 Å². The Morgan fingerprint density at radius 1 is 1.27 bits per heavy atom. The zero-order chi connectivity index (χ0) is 19.2. The van der Waals surface area contributed by atoms with Crippen molar-refractivity contribution in [2.24, 2.45) is 0 Å². The van der Waals surface area contributed by atoms with Gasteiger partial charge in [-0.25, -0.2) is 13.1 Å². The topological polar surface area (TPSA) is 93.4 Å². The molecule has 1 aliphatic rings. The molecule has 0 aromatic heterocycles. The normalized spacial score (nSPS) is 17.4. The molecule has 2 N–H and O–H groups in total. The van der Waals surface area contributed by atoms with E-state index in [9.17, 15) is 18.8 Å². The van der Waals surface area contributed by atoms with Crippen molar-refractivity contribution in [3.63, 3.8) is 0 Å². The summed E-state index contributed by atoms with van der Waals surface area (Å²) in [4.78, 5) is 2.01. The molecule has 6 nitrogen and oxygen atoms in total. The van der Waals surface area contributed by atoms with E-state index in [1.165, 1.54) is 19.3 Å². The number of rotatable bonds is 7. The van der Waals surface area contributed by atoms with Crippen molar-refractivity contribution >= 4 is 21.3 Å². The van der Waals surface area contributed by atoms with Crippen LogP contribution in [0.3, 0.4) is 0 Å². The van der Waals surface area contributed by atoms with Gasteiger partial charge in [0.25, 0.3) is 10.0 Å². The second-order valence-corrected chi connectivity index (χ2v) is 8.28. The molecule has 7 heteroatoms. The van der Waals surface area contributed by atoms with Crippen LogP contribution in [-0.2, 0) is 10.0 Å². The number of anilines is 1. The van der Waals surface area contributed by atoms with E-state index in [1.54, 1.807) is 19.9 Å². The van der Waals surface area contributed by atoms with E-state index < -0.39 is 16.1 Å². The van der Waals surface area contributed by atoms with Crippen LogP contribution in [0.1, 0.15) is 45.1 Å². The number of nitrogens with zero attached hydrogens (tertiary/aromatic N) is 2. The van der Waals surface area contributed by atoms with Gasteiger partial charge in [-0.05, 0) is 55.9 Å². The number of nitriles is 1. The summed E-state index contributed by atoms with van der Waals surface area (Å²) in [7, 11) is -3.96. The highest BCUT2D eigenvalue weighted by atomic mass is 32.2. The van der Waals surface area contributed by atoms with Crippen LogP contribution in [0.5, 0.6) is 0 Å². The summed E-state index contributed by atoms with van der Waals surface area (Å²) in [5.74, 6) is 0. The van der Waals surface area contributed by atoms with Crippen LogP contribution in [-0.4, -0.2) is 39.3 Å². The van der Waals surface area contributed by atoms with Crippen molar-refractivity contribution in [1.29, 1.82) is 5.26 Å². The second kappa shape index (κ2) is 9.17.